The molecular formula is C27H24F3N7O. The molecule has 1 fully saturated rings. The molecule has 0 atom stereocenters. The van der Waals surface area contributed by atoms with Gasteiger partial charge in [0, 0.05) is 23.4 Å². The summed E-state index contributed by atoms with van der Waals surface area (Å²) in [6.07, 6.45) is 3.29. The summed E-state index contributed by atoms with van der Waals surface area (Å²) in [4.78, 5) is 4.62. The van der Waals surface area contributed by atoms with E-state index in [1.807, 2.05) is 22.7 Å². The van der Waals surface area contributed by atoms with Crippen molar-refractivity contribution in [2.75, 3.05) is 0 Å². The predicted octanol–water partition coefficient (Wildman–Crippen LogP) is 6.22. The molecule has 1 aliphatic carbocycles. The van der Waals surface area contributed by atoms with Gasteiger partial charge in [0.25, 0.3) is 0 Å². The highest BCUT2D eigenvalue weighted by Crippen LogP contribution is 2.37. The summed E-state index contributed by atoms with van der Waals surface area (Å²) in [5.41, 5.74) is 3.65. The number of nitrogens with one attached hydrogen (secondary N) is 1. The molecule has 11 heteroatoms. The first-order valence-corrected chi connectivity index (χ1v) is 12.5. The van der Waals surface area contributed by atoms with Crippen molar-refractivity contribution in [1.29, 1.82) is 0 Å². The van der Waals surface area contributed by atoms with Gasteiger partial charge in [0.1, 0.15) is 18.1 Å². The molecule has 0 aliphatic heterocycles. The van der Waals surface area contributed by atoms with Crippen molar-refractivity contribution in [1.82, 2.24) is 35.2 Å². The number of ether oxygens (including phenoxy) is 1. The molecule has 3 aromatic heterocycles. The second-order valence-electron chi connectivity index (χ2n) is 9.41. The van der Waals surface area contributed by atoms with Gasteiger partial charge in [-0.05, 0) is 66.1 Å². The fourth-order valence-corrected chi connectivity index (χ4v) is 5.06. The first-order valence-electron chi connectivity index (χ1n) is 12.5. The Hall–Kier alpha value is -4.28. The third kappa shape index (κ3) is 4.71. The van der Waals surface area contributed by atoms with E-state index in [0.29, 0.717) is 40.0 Å². The summed E-state index contributed by atoms with van der Waals surface area (Å²) in [7, 11) is 0. The number of rotatable bonds is 6. The molecule has 8 nitrogen and oxygen atoms in total. The van der Waals surface area contributed by atoms with E-state index in [0.717, 1.165) is 36.2 Å². The van der Waals surface area contributed by atoms with Crippen LogP contribution in [0.4, 0.5) is 13.2 Å². The van der Waals surface area contributed by atoms with Gasteiger partial charge < -0.3 is 4.74 Å². The predicted molar refractivity (Wildman–Crippen MR) is 133 cm³/mol. The summed E-state index contributed by atoms with van der Waals surface area (Å²) in [5, 5.41) is 19.6. The molecule has 6 rings (SSSR count). The molecule has 1 aliphatic rings. The summed E-state index contributed by atoms with van der Waals surface area (Å²) in [6.45, 7) is 0.0143. The van der Waals surface area contributed by atoms with Crippen molar-refractivity contribution in [2.45, 2.75) is 50.8 Å². The van der Waals surface area contributed by atoms with Crippen molar-refractivity contribution < 1.29 is 17.9 Å². The quantitative estimate of drug-likeness (QED) is 0.286. The molecule has 0 saturated heterocycles. The Bertz CT molecular complexity index is 1540. The molecule has 0 amide bonds. The minimum atomic E-state index is -4.39. The molecule has 0 radical (unpaired) electrons. The van der Waals surface area contributed by atoms with Crippen molar-refractivity contribution in [3.8, 4) is 28.4 Å². The zero-order valence-corrected chi connectivity index (χ0v) is 20.3. The molecule has 0 bridgehead atoms. The molecule has 1 N–H and O–H groups in total. The highest BCUT2D eigenvalue weighted by atomic mass is 19.4. The van der Waals surface area contributed by atoms with E-state index < -0.39 is 11.7 Å². The Morgan fingerprint density at radius 2 is 1.82 bits per heavy atom. The minimum absolute atomic E-state index is 0.0143. The van der Waals surface area contributed by atoms with Crippen molar-refractivity contribution >= 4 is 5.65 Å². The average Bonchev–Trinajstić information content (AvgIpc) is 3.60. The van der Waals surface area contributed by atoms with Gasteiger partial charge >= 0.3 is 6.18 Å². The van der Waals surface area contributed by atoms with E-state index in [9.17, 15) is 13.2 Å². The molecule has 5 aromatic rings. The Kier molecular flexibility index (Phi) is 6.26. The third-order valence-corrected chi connectivity index (χ3v) is 6.93. The van der Waals surface area contributed by atoms with Crippen molar-refractivity contribution in [2.24, 2.45) is 0 Å². The van der Waals surface area contributed by atoms with Crippen LogP contribution in [0.5, 0.6) is 5.75 Å². The van der Waals surface area contributed by atoms with Crippen LogP contribution >= 0.6 is 0 Å². The highest BCUT2D eigenvalue weighted by Gasteiger charge is 2.30. The number of halogens is 3. The lowest BCUT2D eigenvalue weighted by molar-refractivity contribution is -0.137. The standard InChI is InChI=1S/C27H24F3N7O/c28-27(29,30)20-8-4-5-17(15-20)16-38-21-11-9-19(10-12-21)24-23(25-32-35-36-33-25)26-31-14-13-22(37(26)34-24)18-6-2-1-3-7-18/h4-5,8-15,18H,1-3,6-7,16H2,(H,32,33,35,36). The van der Waals surface area contributed by atoms with Gasteiger partial charge in [0.05, 0.1) is 11.1 Å². The molecule has 38 heavy (non-hydrogen) atoms. The van der Waals surface area contributed by atoms with Crippen molar-refractivity contribution in [3.63, 3.8) is 0 Å². The molecule has 2 aromatic carbocycles. The Labute approximate surface area is 215 Å². The molecule has 194 valence electrons. The number of H-pyrrole nitrogens is 1. The summed E-state index contributed by atoms with van der Waals surface area (Å²) in [5.74, 6) is 1.33. The van der Waals surface area contributed by atoms with Gasteiger partial charge in [0.2, 0.25) is 5.82 Å². The maximum Gasteiger partial charge on any atom is 0.416 e. The number of hydrogen-bond donors (Lipinski definition) is 1. The fraction of sp³-hybridized carbons (Fsp3) is 0.296. The second kappa shape index (κ2) is 9.88. The number of aromatic nitrogens is 7. The zero-order chi connectivity index (χ0) is 26.1. The van der Waals surface area contributed by atoms with Gasteiger partial charge in [-0.1, -0.05) is 31.4 Å². The minimum Gasteiger partial charge on any atom is -0.489 e. The van der Waals surface area contributed by atoms with Crippen LogP contribution in [-0.4, -0.2) is 35.2 Å². The summed E-state index contributed by atoms with van der Waals surface area (Å²) >= 11 is 0. The monoisotopic (exact) mass is 519 g/mol. The highest BCUT2D eigenvalue weighted by molar-refractivity contribution is 5.87. The number of hydrogen-bond acceptors (Lipinski definition) is 6. The normalized spacial score (nSPS) is 14.7. The van der Waals surface area contributed by atoms with Crippen LogP contribution < -0.4 is 4.74 Å². The summed E-state index contributed by atoms with van der Waals surface area (Å²) in [6, 6.07) is 14.4. The fourth-order valence-electron chi connectivity index (χ4n) is 5.06. The van der Waals surface area contributed by atoms with Gasteiger partial charge in [-0.3, -0.25) is 0 Å². The first-order chi connectivity index (χ1) is 18.5. The smallest absolute Gasteiger partial charge is 0.416 e. The number of tetrazole rings is 1. The van der Waals surface area contributed by atoms with E-state index in [-0.39, 0.29) is 6.61 Å². The van der Waals surface area contributed by atoms with Crippen LogP contribution in [0.2, 0.25) is 0 Å². The first kappa shape index (κ1) is 24.1. The number of alkyl halides is 3. The summed E-state index contributed by atoms with van der Waals surface area (Å²) < 4.78 is 46.7. The lowest BCUT2D eigenvalue weighted by Gasteiger charge is -2.22. The Morgan fingerprint density at radius 1 is 1.00 bits per heavy atom. The lowest BCUT2D eigenvalue weighted by atomic mass is 9.87. The van der Waals surface area contributed by atoms with Gasteiger partial charge in [-0.25, -0.2) is 9.50 Å². The molecule has 0 spiro atoms. The second-order valence-corrected chi connectivity index (χ2v) is 9.41. The van der Waals surface area contributed by atoms with Crippen LogP contribution in [-0.2, 0) is 12.8 Å². The molecule has 0 unspecified atom stereocenters. The van der Waals surface area contributed by atoms with Crippen LogP contribution in [0.25, 0.3) is 28.3 Å². The number of fused-ring (bicyclic) bond motifs is 1. The van der Waals surface area contributed by atoms with Crippen LogP contribution in [0.3, 0.4) is 0 Å². The van der Waals surface area contributed by atoms with E-state index in [1.54, 1.807) is 24.4 Å². The zero-order valence-electron chi connectivity index (χ0n) is 20.3. The Balaban J connectivity index is 1.31. The van der Waals surface area contributed by atoms with Gasteiger partial charge in [-0.2, -0.15) is 23.5 Å². The number of benzene rings is 2. The number of aromatic amines is 1. The lowest BCUT2D eigenvalue weighted by Crippen LogP contribution is -2.10. The molecule has 1 saturated carbocycles. The molecular weight excluding hydrogens is 495 g/mol. The van der Waals surface area contributed by atoms with Gasteiger partial charge in [-0.15, -0.1) is 10.2 Å². The van der Waals surface area contributed by atoms with Crippen LogP contribution in [0.15, 0.2) is 60.8 Å². The van der Waals surface area contributed by atoms with Crippen LogP contribution in [0, 0.1) is 0 Å². The Morgan fingerprint density at radius 3 is 2.55 bits per heavy atom. The molecule has 3 heterocycles. The topological polar surface area (TPSA) is 93.9 Å². The van der Waals surface area contributed by atoms with Gasteiger partial charge in [0.15, 0.2) is 5.65 Å². The van der Waals surface area contributed by atoms with E-state index in [2.05, 4.69) is 25.6 Å². The van der Waals surface area contributed by atoms with Crippen LogP contribution in [0.1, 0.15) is 54.8 Å². The average molecular weight is 520 g/mol. The van der Waals surface area contributed by atoms with Crippen molar-refractivity contribution in [3.05, 3.63) is 77.6 Å². The van der Waals surface area contributed by atoms with E-state index in [4.69, 9.17) is 9.84 Å². The largest absolute Gasteiger partial charge is 0.489 e. The third-order valence-electron chi connectivity index (χ3n) is 6.93. The number of nitrogens with zero attached hydrogens (tertiary/aromatic N) is 6. The maximum absolute atomic E-state index is 13.0. The van der Waals surface area contributed by atoms with E-state index >= 15 is 0 Å². The maximum atomic E-state index is 13.0. The van der Waals surface area contributed by atoms with E-state index in [1.165, 1.54) is 25.3 Å². The SMILES string of the molecule is FC(F)(F)c1cccc(COc2ccc(-c3nn4c(C5CCCCC5)ccnc4c3-c3nn[nH]n3)cc2)c1.